The van der Waals surface area contributed by atoms with Gasteiger partial charge in [-0.15, -0.1) is 11.6 Å². The maximum absolute atomic E-state index is 5.72. The van der Waals surface area contributed by atoms with Crippen LogP contribution in [0, 0.1) is 0 Å². The van der Waals surface area contributed by atoms with Gasteiger partial charge in [0.1, 0.15) is 5.75 Å². The second-order valence-electron chi connectivity index (χ2n) is 2.44. The first kappa shape index (κ1) is 10.8. The summed E-state index contributed by atoms with van der Waals surface area (Å²) in [5.41, 5.74) is 1.01. The Balaban J connectivity index is 2.74. The number of hydrogen-bond donors (Lipinski definition) is 0. The number of ether oxygens (including phenoxy) is 2. The van der Waals surface area contributed by atoms with Gasteiger partial charge in [-0.25, -0.2) is 0 Å². The molecular weight excluding hydrogens is 255 g/mol. The molecule has 1 rings (SSSR count). The molecule has 0 bridgehead atoms. The molecule has 0 radical (unpaired) electrons. The molecule has 0 unspecified atom stereocenters. The van der Waals surface area contributed by atoms with Crippen LogP contribution in [-0.4, -0.2) is 13.9 Å². The van der Waals surface area contributed by atoms with Gasteiger partial charge in [0.05, 0.1) is 0 Å². The van der Waals surface area contributed by atoms with Gasteiger partial charge in [-0.1, -0.05) is 15.9 Å². The molecule has 1 aromatic carbocycles. The SMILES string of the molecule is COCOc1ccc(Br)c(CCl)c1. The normalized spacial score (nSPS) is 10.1. The van der Waals surface area contributed by atoms with E-state index in [1.165, 1.54) is 0 Å². The molecule has 0 aromatic heterocycles. The molecule has 0 saturated heterocycles. The van der Waals surface area contributed by atoms with Crippen LogP contribution in [0.1, 0.15) is 5.56 Å². The number of benzene rings is 1. The molecule has 4 heteroatoms. The Bertz CT molecular complexity index is 278. The summed E-state index contributed by atoms with van der Waals surface area (Å²) in [4.78, 5) is 0. The van der Waals surface area contributed by atoms with E-state index < -0.39 is 0 Å². The standard InChI is InChI=1S/C9H10BrClO2/c1-12-6-13-8-2-3-9(10)7(4-8)5-11/h2-4H,5-6H2,1H3. The van der Waals surface area contributed by atoms with Crippen LogP contribution in [0.2, 0.25) is 0 Å². The van der Waals surface area contributed by atoms with E-state index in [4.69, 9.17) is 21.1 Å². The Kier molecular flexibility index (Phi) is 4.56. The summed E-state index contributed by atoms with van der Waals surface area (Å²) in [6.07, 6.45) is 0. The van der Waals surface area contributed by atoms with Crippen molar-refractivity contribution >= 4 is 27.5 Å². The van der Waals surface area contributed by atoms with Crippen molar-refractivity contribution < 1.29 is 9.47 Å². The molecule has 0 aliphatic rings. The van der Waals surface area contributed by atoms with Crippen molar-refractivity contribution in [2.75, 3.05) is 13.9 Å². The third kappa shape index (κ3) is 3.18. The van der Waals surface area contributed by atoms with E-state index in [1.807, 2.05) is 18.2 Å². The van der Waals surface area contributed by atoms with Crippen LogP contribution in [0.3, 0.4) is 0 Å². The Hall–Kier alpha value is -0.250. The maximum atomic E-state index is 5.72. The highest BCUT2D eigenvalue weighted by Crippen LogP contribution is 2.23. The summed E-state index contributed by atoms with van der Waals surface area (Å²) in [6, 6.07) is 5.65. The maximum Gasteiger partial charge on any atom is 0.188 e. The third-order valence-electron chi connectivity index (χ3n) is 1.50. The van der Waals surface area contributed by atoms with Gasteiger partial charge in [-0.2, -0.15) is 0 Å². The van der Waals surface area contributed by atoms with Crippen molar-refractivity contribution in [2.45, 2.75) is 5.88 Å². The van der Waals surface area contributed by atoms with Gasteiger partial charge in [-0.05, 0) is 23.8 Å². The fourth-order valence-corrected chi connectivity index (χ4v) is 1.64. The first-order valence-electron chi connectivity index (χ1n) is 3.74. The number of alkyl halides is 1. The van der Waals surface area contributed by atoms with E-state index >= 15 is 0 Å². The topological polar surface area (TPSA) is 18.5 Å². The predicted molar refractivity (Wildman–Crippen MR) is 56.2 cm³/mol. The fourth-order valence-electron chi connectivity index (χ4n) is 0.870. The largest absolute Gasteiger partial charge is 0.468 e. The van der Waals surface area contributed by atoms with E-state index in [1.54, 1.807) is 7.11 Å². The van der Waals surface area contributed by atoms with Crippen LogP contribution < -0.4 is 4.74 Å². The number of halogens is 2. The number of rotatable bonds is 4. The molecule has 72 valence electrons. The molecule has 0 amide bonds. The molecule has 13 heavy (non-hydrogen) atoms. The summed E-state index contributed by atoms with van der Waals surface area (Å²) in [5.74, 6) is 1.23. The van der Waals surface area contributed by atoms with Crippen LogP contribution in [-0.2, 0) is 10.6 Å². The Morgan fingerprint density at radius 3 is 2.85 bits per heavy atom. The van der Waals surface area contributed by atoms with Gasteiger partial charge in [0.2, 0.25) is 0 Å². The molecule has 0 aliphatic carbocycles. The lowest BCUT2D eigenvalue weighted by molar-refractivity contribution is 0.0511. The Labute approximate surface area is 90.9 Å². The molecule has 0 N–H and O–H groups in total. The van der Waals surface area contributed by atoms with Crippen molar-refractivity contribution in [3.63, 3.8) is 0 Å². The second kappa shape index (κ2) is 5.47. The zero-order valence-corrected chi connectivity index (χ0v) is 9.56. The van der Waals surface area contributed by atoms with Crippen LogP contribution in [0.25, 0.3) is 0 Å². The summed E-state index contributed by atoms with van der Waals surface area (Å²) < 4.78 is 11.0. The average Bonchev–Trinajstić information content (AvgIpc) is 2.16. The van der Waals surface area contributed by atoms with Crippen molar-refractivity contribution in [3.8, 4) is 5.75 Å². The van der Waals surface area contributed by atoms with Gasteiger partial charge in [0.25, 0.3) is 0 Å². The lowest BCUT2D eigenvalue weighted by Gasteiger charge is -2.06. The summed E-state index contributed by atoms with van der Waals surface area (Å²) in [5, 5.41) is 0. The monoisotopic (exact) mass is 264 g/mol. The Morgan fingerprint density at radius 1 is 1.46 bits per heavy atom. The number of hydrogen-bond acceptors (Lipinski definition) is 2. The van der Waals surface area contributed by atoms with Crippen LogP contribution in [0.4, 0.5) is 0 Å². The molecule has 2 nitrogen and oxygen atoms in total. The molecule has 0 saturated carbocycles. The predicted octanol–water partition coefficient (Wildman–Crippen LogP) is 3.17. The number of methoxy groups -OCH3 is 1. The molecule has 0 aliphatic heterocycles. The molecule has 0 atom stereocenters. The van der Waals surface area contributed by atoms with E-state index in [2.05, 4.69) is 15.9 Å². The minimum Gasteiger partial charge on any atom is -0.468 e. The molecule has 0 spiro atoms. The minimum absolute atomic E-state index is 0.253. The van der Waals surface area contributed by atoms with Crippen LogP contribution in [0.15, 0.2) is 22.7 Å². The molecule has 0 fully saturated rings. The molecule has 0 heterocycles. The third-order valence-corrected chi connectivity index (χ3v) is 2.57. The molecular formula is C9H10BrClO2. The van der Waals surface area contributed by atoms with Gasteiger partial charge < -0.3 is 9.47 Å². The van der Waals surface area contributed by atoms with Gasteiger partial charge in [-0.3, -0.25) is 0 Å². The first-order chi connectivity index (χ1) is 6.27. The quantitative estimate of drug-likeness (QED) is 0.615. The zero-order valence-electron chi connectivity index (χ0n) is 7.22. The lowest BCUT2D eigenvalue weighted by Crippen LogP contribution is -1.99. The van der Waals surface area contributed by atoms with Crippen molar-refractivity contribution in [3.05, 3.63) is 28.2 Å². The van der Waals surface area contributed by atoms with Crippen molar-refractivity contribution in [1.82, 2.24) is 0 Å². The summed E-state index contributed by atoms with van der Waals surface area (Å²) in [6.45, 7) is 0.253. The lowest BCUT2D eigenvalue weighted by atomic mass is 10.2. The van der Waals surface area contributed by atoms with Crippen molar-refractivity contribution in [1.29, 1.82) is 0 Å². The van der Waals surface area contributed by atoms with E-state index in [0.717, 1.165) is 15.8 Å². The summed E-state index contributed by atoms with van der Waals surface area (Å²) in [7, 11) is 1.58. The zero-order chi connectivity index (χ0) is 9.68. The van der Waals surface area contributed by atoms with Crippen LogP contribution in [0.5, 0.6) is 5.75 Å². The second-order valence-corrected chi connectivity index (χ2v) is 3.56. The van der Waals surface area contributed by atoms with Crippen LogP contribution >= 0.6 is 27.5 Å². The highest BCUT2D eigenvalue weighted by atomic mass is 79.9. The fraction of sp³-hybridized carbons (Fsp3) is 0.333. The van der Waals surface area contributed by atoms with E-state index in [-0.39, 0.29) is 6.79 Å². The van der Waals surface area contributed by atoms with Crippen molar-refractivity contribution in [2.24, 2.45) is 0 Å². The van der Waals surface area contributed by atoms with Gasteiger partial charge in [0.15, 0.2) is 6.79 Å². The minimum atomic E-state index is 0.253. The average molecular weight is 266 g/mol. The smallest absolute Gasteiger partial charge is 0.188 e. The Morgan fingerprint density at radius 2 is 2.23 bits per heavy atom. The highest BCUT2D eigenvalue weighted by Gasteiger charge is 2.00. The summed E-state index contributed by atoms with van der Waals surface area (Å²) >= 11 is 9.11. The van der Waals surface area contributed by atoms with E-state index in [9.17, 15) is 0 Å². The first-order valence-corrected chi connectivity index (χ1v) is 5.07. The van der Waals surface area contributed by atoms with Gasteiger partial charge >= 0.3 is 0 Å². The highest BCUT2D eigenvalue weighted by molar-refractivity contribution is 9.10. The van der Waals surface area contributed by atoms with Gasteiger partial charge in [0, 0.05) is 17.5 Å². The van der Waals surface area contributed by atoms with E-state index in [0.29, 0.717) is 5.88 Å². The molecule has 1 aromatic rings.